The monoisotopic (exact) mass is 265 g/mol. The molecule has 0 saturated heterocycles. The van der Waals surface area contributed by atoms with Crippen molar-refractivity contribution in [2.75, 3.05) is 0 Å². The number of hydrogen-bond acceptors (Lipinski definition) is 3. The Balaban J connectivity index is 0.00000180. The second kappa shape index (κ2) is 6.19. The topological polar surface area (TPSA) is 62.1 Å². The zero-order valence-corrected chi connectivity index (χ0v) is 13.1. The minimum atomic E-state index is -1.44. The van der Waals surface area contributed by atoms with Crippen LogP contribution in [0, 0.1) is 6.92 Å². The largest absolute Gasteiger partial charge is 1.00 e. The van der Waals surface area contributed by atoms with Crippen LogP contribution in [0.25, 0.3) is 11.3 Å². The van der Waals surface area contributed by atoms with Crippen LogP contribution in [0.15, 0.2) is 41.2 Å². The normalized spacial score (nSPS) is 9.79. The minimum absolute atomic E-state index is 0. The molecule has 0 unspecified atom stereocenters. The molecule has 2 aromatic rings. The fourth-order valence-electron chi connectivity index (χ4n) is 1.95. The second-order valence-corrected chi connectivity index (χ2v) is 4.07. The molecule has 0 atom stereocenters. The molecule has 1 aromatic heterocycles. The van der Waals surface area contributed by atoms with E-state index in [-0.39, 0.29) is 35.1 Å². The summed E-state index contributed by atoms with van der Waals surface area (Å²) >= 11 is 0. The molecule has 0 N–H and O–H groups in total. The van der Waals surface area contributed by atoms with Gasteiger partial charge in [0.2, 0.25) is 0 Å². The van der Waals surface area contributed by atoms with Crippen LogP contribution in [0.5, 0.6) is 0 Å². The summed E-state index contributed by atoms with van der Waals surface area (Å²) in [5.41, 5.74) is 1.14. The van der Waals surface area contributed by atoms with Crippen LogP contribution in [0.3, 0.4) is 0 Å². The Labute approximate surface area is 133 Å². The van der Waals surface area contributed by atoms with Gasteiger partial charge in [0.05, 0.1) is 17.2 Å². The molecule has 4 nitrogen and oxygen atoms in total. The number of carbonyl (C=O) groups is 1. The third-order valence-electron chi connectivity index (χ3n) is 3.01. The van der Waals surface area contributed by atoms with Gasteiger partial charge in [-0.1, -0.05) is 30.3 Å². The van der Waals surface area contributed by atoms with Crippen LogP contribution in [-0.2, 0) is 7.05 Å². The standard InChI is InChI=1S/C14H13NO3.Na/c1-9-13(14(17)18)12(16)8-11(15(9)2)10-6-4-3-5-7-10;/h3-8H,1-2H3,(H,17,18);/q;+1/p-1. The Morgan fingerprint density at radius 2 is 1.79 bits per heavy atom. The Bertz CT molecular complexity index is 662. The Morgan fingerprint density at radius 1 is 1.21 bits per heavy atom. The number of benzene rings is 1. The van der Waals surface area contributed by atoms with Crippen LogP contribution in [0.1, 0.15) is 16.1 Å². The number of hydrogen-bond donors (Lipinski definition) is 0. The summed E-state index contributed by atoms with van der Waals surface area (Å²) < 4.78 is 1.68. The van der Waals surface area contributed by atoms with Gasteiger partial charge in [-0.2, -0.15) is 0 Å². The quantitative estimate of drug-likeness (QED) is 0.575. The van der Waals surface area contributed by atoms with Crippen LogP contribution in [0.4, 0.5) is 0 Å². The summed E-state index contributed by atoms with van der Waals surface area (Å²) in [7, 11) is 1.73. The van der Waals surface area contributed by atoms with Crippen LogP contribution in [-0.4, -0.2) is 10.5 Å². The van der Waals surface area contributed by atoms with Crippen LogP contribution in [0.2, 0.25) is 0 Å². The van der Waals surface area contributed by atoms with Crippen molar-refractivity contribution in [1.82, 2.24) is 4.57 Å². The fraction of sp³-hybridized carbons (Fsp3) is 0.143. The number of nitrogens with zero attached hydrogens (tertiary/aromatic N) is 1. The van der Waals surface area contributed by atoms with Gasteiger partial charge in [-0.05, 0) is 12.5 Å². The third-order valence-corrected chi connectivity index (χ3v) is 3.01. The molecule has 2 rings (SSSR count). The maximum absolute atomic E-state index is 11.8. The summed E-state index contributed by atoms with van der Waals surface area (Å²) in [4.78, 5) is 22.7. The van der Waals surface area contributed by atoms with E-state index < -0.39 is 11.4 Å². The number of rotatable bonds is 2. The number of carbonyl (C=O) groups excluding carboxylic acids is 1. The van der Waals surface area contributed by atoms with Crippen molar-refractivity contribution < 1.29 is 39.5 Å². The molecule has 0 bridgehead atoms. The average molecular weight is 265 g/mol. The van der Waals surface area contributed by atoms with E-state index in [1.807, 2.05) is 30.3 Å². The number of aromatic nitrogens is 1. The smallest absolute Gasteiger partial charge is 0.545 e. The van der Waals surface area contributed by atoms with Crippen LogP contribution >= 0.6 is 0 Å². The van der Waals surface area contributed by atoms with Gasteiger partial charge in [-0.3, -0.25) is 4.79 Å². The van der Waals surface area contributed by atoms with Gasteiger partial charge in [-0.25, -0.2) is 0 Å². The molecule has 0 saturated carbocycles. The second-order valence-electron chi connectivity index (χ2n) is 4.07. The Kier molecular flexibility index (Phi) is 5.11. The minimum Gasteiger partial charge on any atom is -0.545 e. The van der Waals surface area contributed by atoms with Crippen molar-refractivity contribution in [1.29, 1.82) is 0 Å². The average Bonchev–Trinajstić information content (AvgIpc) is 2.34. The predicted octanol–water partition coefficient (Wildman–Crippen LogP) is -2.27. The van der Waals surface area contributed by atoms with E-state index in [9.17, 15) is 14.7 Å². The molecule has 1 heterocycles. The van der Waals surface area contributed by atoms with Gasteiger partial charge in [0.1, 0.15) is 0 Å². The summed E-state index contributed by atoms with van der Waals surface area (Å²) in [6.07, 6.45) is 0. The first-order valence-corrected chi connectivity index (χ1v) is 5.49. The van der Waals surface area contributed by atoms with Crippen molar-refractivity contribution in [2.45, 2.75) is 6.92 Å². The van der Waals surface area contributed by atoms with Gasteiger partial charge < -0.3 is 14.5 Å². The summed E-state index contributed by atoms with van der Waals surface area (Å²) in [6.45, 7) is 1.60. The first-order valence-electron chi connectivity index (χ1n) is 5.49. The maximum Gasteiger partial charge on any atom is 1.00 e. The Morgan fingerprint density at radius 3 is 2.32 bits per heavy atom. The molecular weight excluding hydrogens is 253 g/mol. The number of carboxylic acid groups (broad SMARTS) is 1. The van der Waals surface area contributed by atoms with Gasteiger partial charge in [-0.15, -0.1) is 0 Å². The Hall–Kier alpha value is -1.36. The zero-order chi connectivity index (χ0) is 13.3. The molecule has 0 spiro atoms. The molecule has 0 amide bonds. The molecule has 5 heteroatoms. The van der Waals surface area contributed by atoms with E-state index in [1.165, 1.54) is 6.07 Å². The molecule has 0 fully saturated rings. The molecule has 0 radical (unpaired) electrons. The van der Waals surface area contributed by atoms with E-state index in [0.29, 0.717) is 11.4 Å². The molecule has 92 valence electrons. The zero-order valence-electron chi connectivity index (χ0n) is 11.1. The van der Waals surface area contributed by atoms with Gasteiger partial charge in [0.25, 0.3) is 0 Å². The summed E-state index contributed by atoms with van der Waals surface area (Å²) in [5, 5.41) is 10.9. The number of aromatic carboxylic acids is 1. The van der Waals surface area contributed by atoms with E-state index >= 15 is 0 Å². The van der Waals surface area contributed by atoms with Crippen molar-refractivity contribution in [3.05, 3.63) is 57.9 Å². The first-order chi connectivity index (χ1) is 8.52. The fourth-order valence-corrected chi connectivity index (χ4v) is 1.95. The van der Waals surface area contributed by atoms with Gasteiger partial charge >= 0.3 is 29.6 Å². The van der Waals surface area contributed by atoms with Crippen LogP contribution < -0.4 is 40.1 Å². The number of carboxylic acids is 1. The summed E-state index contributed by atoms with van der Waals surface area (Å²) in [5.74, 6) is -1.44. The van der Waals surface area contributed by atoms with Gasteiger partial charge in [0, 0.05) is 18.8 Å². The third kappa shape index (κ3) is 2.97. The van der Waals surface area contributed by atoms with E-state index in [2.05, 4.69) is 0 Å². The number of pyridine rings is 1. The van der Waals surface area contributed by atoms with Crippen molar-refractivity contribution in [3.8, 4) is 11.3 Å². The molecule has 0 aliphatic rings. The van der Waals surface area contributed by atoms with Crippen molar-refractivity contribution >= 4 is 5.97 Å². The van der Waals surface area contributed by atoms with Crippen molar-refractivity contribution in [3.63, 3.8) is 0 Å². The molecule has 19 heavy (non-hydrogen) atoms. The predicted molar refractivity (Wildman–Crippen MR) is 66.2 cm³/mol. The van der Waals surface area contributed by atoms with E-state index in [1.54, 1.807) is 18.5 Å². The van der Waals surface area contributed by atoms with E-state index in [4.69, 9.17) is 0 Å². The molecule has 0 aliphatic heterocycles. The molecular formula is C14H12NNaO3. The first kappa shape index (κ1) is 15.7. The molecule has 1 aromatic carbocycles. The van der Waals surface area contributed by atoms with Gasteiger partial charge in [0.15, 0.2) is 5.43 Å². The van der Waals surface area contributed by atoms with E-state index in [0.717, 1.165) is 5.56 Å². The molecule has 0 aliphatic carbocycles. The maximum atomic E-state index is 11.8. The SMILES string of the molecule is Cc1c(C(=O)[O-])c(=O)cc(-c2ccccc2)n1C.[Na+]. The summed E-state index contributed by atoms with van der Waals surface area (Å²) in [6, 6.07) is 10.7. The van der Waals surface area contributed by atoms with Crippen molar-refractivity contribution in [2.24, 2.45) is 7.05 Å².